The Labute approximate surface area is 124 Å². The lowest BCUT2D eigenvalue weighted by Crippen LogP contribution is -2.09. The molecule has 1 aromatic carbocycles. The Balaban J connectivity index is 2.30. The van der Waals surface area contributed by atoms with Crippen molar-refractivity contribution in [2.24, 2.45) is 0 Å². The molecule has 6 heteroatoms. The monoisotopic (exact) mass is 339 g/mol. The van der Waals surface area contributed by atoms with Crippen molar-refractivity contribution in [3.8, 4) is 0 Å². The lowest BCUT2D eigenvalue weighted by atomic mass is 10.2. The maximum Gasteiger partial charge on any atom is 0.251 e. The highest BCUT2D eigenvalue weighted by atomic mass is 79.9. The number of nitrogen functional groups attached to an aromatic ring is 1. The summed E-state index contributed by atoms with van der Waals surface area (Å²) in [6.07, 6.45) is 1.76. The van der Waals surface area contributed by atoms with E-state index in [0.717, 1.165) is 27.9 Å². The van der Waals surface area contributed by atoms with Gasteiger partial charge in [0.15, 0.2) is 5.16 Å². The number of aromatic amines is 1. The molecule has 1 aromatic heterocycles. The van der Waals surface area contributed by atoms with E-state index >= 15 is 0 Å². The predicted octanol–water partition coefficient (Wildman–Crippen LogP) is 3.22. The predicted molar refractivity (Wildman–Crippen MR) is 81.5 cm³/mol. The summed E-state index contributed by atoms with van der Waals surface area (Å²) in [4.78, 5) is 19.6. The molecular formula is C13H14BrN3OS. The van der Waals surface area contributed by atoms with Gasteiger partial charge in [0.05, 0.1) is 0 Å². The van der Waals surface area contributed by atoms with E-state index in [9.17, 15) is 4.79 Å². The Bertz CT molecular complexity index is 642. The SMILES string of the molecule is CCCc1cc(=O)[nH]c(Sc2ccc(Br)cc2N)n1. The number of rotatable bonds is 4. The maximum absolute atomic E-state index is 11.6. The van der Waals surface area contributed by atoms with Crippen LogP contribution in [-0.4, -0.2) is 9.97 Å². The number of benzene rings is 1. The van der Waals surface area contributed by atoms with E-state index in [2.05, 4.69) is 32.8 Å². The van der Waals surface area contributed by atoms with Gasteiger partial charge in [0.1, 0.15) is 0 Å². The smallest absolute Gasteiger partial charge is 0.251 e. The van der Waals surface area contributed by atoms with Crippen molar-refractivity contribution in [3.05, 3.63) is 44.8 Å². The number of nitrogens with one attached hydrogen (secondary N) is 1. The number of nitrogens with two attached hydrogens (primary N) is 1. The summed E-state index contributed by atoms with van der Waals surface area (Å²) in [5, 5.41) is 0.574. The third-order valence-corrected chi connectivity index (χ3v) is 3.93. The van der Waals surface area contributed by atoms with Gasteiger partial charge in [-0.15, -0.1) is 0 Å². The van der Waals surface area contributed by atoms with Crippen molar-refractivity contribution >= 4 is 33.4 Å². The normalized spacial score (nSPS) is 10.6. The lowest BCUT2D eigenvalue weighted by Gasteiger charge is -2.06. The molecule has 0 unspecified atom stereocenters. The van der Waals surface area contributed by atoms with E-state index in [0.29, 0.717) is 10.8 Å². The lowest BCUT2D eigenvalue weighted by molar-refractivity contribution is 0.816. The van der Waals surface area contributed by atoms with Crippen molar-refractivity contribution in [1.29, 1.82) is 0 Å². The van der Waals surface area contributed by atoms with Crippen LogP contribution in [0, 0.1) is 0 Å². The second kappa shape index (κ2) is 6.25. The first-order valence-electron chi connectivity index (χ1n) is 5.91. The number of hydrogen-bond acceptors (Lipinski definition) is 4. The topological polar surface area (TPSA) is 71.8 Å². The Morgan fingerprint density at radius 3 is 2.89 bits per heavy atom. The Kier molecular flexibility index (Phi) is 4.66. The van der Waals surface area contributed by atoms with Crippen LogP contribution in [0.15, 0.2) is 43.6 Å². The first kappa shape index (κ1) is 14.1. The fourth-order valence-electron chi connectivity index (χ4n) is 1.63. The van der Waals surface area contributed by atoms with Crippen LogP contribution in [-0.2, 0) is 6.42 Å². The van der Waals surface area contributed by atoms with E-state index in [1.165, 1.54) is 11.8 Å². The molecule has 0 bridgehead atoms. The van der Waals surface area contributed by atoms with Gasteiger partial charge >= 0.3 is 0 Å². The van der Waals surface area contributed by atoms with Crippen molar-refractivity contribution < 1.29 is 0 Å². The summed E-state index contributed by atoms with van der Waals surface area (Å²) in [6, 6.07) is 7.18. The first-order valence-corrected chi connectivity index (χ1v) is 7.52. The number of anilines is 1. The molecule has 0 spiro atoms. The largest absolute Gasteiger partial charge is 0.398 e. The van der Waals surface area contributed by atoms with E-state index in [4.69, 9.17) is 5.73 Å². The number of halogens is 1. The summed E-state index contributed by atoms with van der Waals surface area (Å²) >= 11 is 4.73. The molecule has 0 aliphatic heterocycles. The molecule has 100 valence electrons. The van der Waals surface area contributed by atoms with Gasteiger partial charge < -0.3 is 10.7 Å². The average molecular weight is 340 g/mol. The van der Waals surface area contributed by atoms with Gasteiger partial charge in [-0.25, -0.2) is 4.98 Å². The molecular weight excluding hydrogens is 326 g/mol. The van der Waals surface area contributed by atoms with Crippen molar-refractivity contribution in [1.82, 2.24) is 9.97 Å². The van der Waals surface area contributed by atoms with E-state index in [-0.39, 0.29) is 5.56 Å². The molecule has 2 aromatic rings. The molecule has 3 N–H and O–H groups in total. The summed E-state index contributed by atoms with van der Waals surface area (Å²) in [5.41, 5.74) is 7.27. The Morgan fingerprint density at radius 1 is 1.42 bits per heavy atom. The molecule has 0 aliphatic carbocycles. The number of H-pyrrole nitrogens is 1. The quantitative estimate of drug-likeness (QED) is 0.662. The second-order valence-corrected chi connectivity index (χ2v) is 6.02. The van der Waals surface area contributed by atoms with Gasteiger partial charge in [0, 0.05) is 26.8 Å². The molecule has 0 radical (unpaired) electrons. The number of aryl methyl sites for hydroxylation is 1. The summed E-state index contributed by atoms with van der Waals surface area (Å²) in [7, 11) is 0. The van der Waals surface area contributed by atoms with Gasteiger partial charge in [0.2, 0.25) is 0 Å². The average Bonchev–Trinajstić information content (AvgIpc) is 2.32. The van der Waals surface area contributed by atoms with Gasteiger partial charge in [-0.3, -0.25) is 4.79 Å². The summed E-state index contributed by atoms with van der Waals surface area (Å²) in [5.74, 6) is 0. The maximum atomic E-state index is 11.6. The molecule has 0 fully saturated rings. The highest BCUT2D eigenvalue weighted by Gasteiger charge is 2.06. The Morgan fingerprint density at radius 2 is 2.21 bits per heavy atom. The number of nitrogens with zero attached hydrogens (tertiary/aromatic N) is 1. The standard InChI is InChI=1S/C13H14BrN3OS/c1-2-3-9-7-12(18)17-13(16-9)19-11-5-4-8(14)6-10(11)15/h4-7H,2-3,15H2,1H3,(H,16,17,18). The molecule has 0 atom stereocenters. The third kappa shape index (κ3) is 3.84. The minimum atomic E-state index is -0.128. The van der Waals surface area contributed by atoms with Crippen molar-refractivity contribution in [2.45, 2.75) is 29.8 Å². The third-order valence-electron chi connectivity index (χ3n) is 2.46. The van der Waals surface area contributed by atoms with Crippen molar-refractivity contribution in [3.63, 3.8) is 0 Å². The highest BCUT2D eigenvalue weighted by Crippen LogP contribution is 2.31. The zero-order valence-corrected chi connectivity index (χ0v) is 12.8. The molecule has 0 aliphatic rings. The number of aromatic nitrogens is 2. The van der Waals surface area contributed by atoms with Crippen LogP contribution in [0.4, 0.5) is 5.69 Å². The van der Waals surface area contributed by atoms with Crippen LogP contribution in [0.5, 0.6) is 0 Å². The summed E-state index contributed by atoms with van der Waals surface area (Å²) in [6.45, 7) is 2.06. The summed E-state index contributed by atoms with van der Waals surface area (Å²) < 4.78 is 0.926. The van der Waals surface area contributed by atoms with Crippen LogP contribution in [0.1, 0.15) is 19.0 Å². The first-order chi connectivity index (χ1) is 9.08. The molecule has 0 saturated carbocycles. The van der Waals surface area contributed by atoms with Gasteiger partial charge in [-0.1, -0.05) is 29.3 Å². The molecule has 4 nitrogen and oxygen atoms in total. The molecule has 0 saturated heterocycles. The minimum absolute atomic E-state index is 0.128. The van der Waals surface area contributed by atoms with Crippen LogP contribution in [0.2, 0.25) is 0 Å². The molecule has 0 amide bonds. The molecule has 19 heavy (non-hydrogen) atoms. The van der Waals surface area contributed by atoms with E-state index in [1.54, 1.807) is 6.07 Å². The Hall–Kier alpha value is -1.27. The van der Waals surface area contributed by atoms with Gasteiger partial charge in [0.25, 0.3) is 5.56 Å². The number of hydrogen-bond donors (Lipinski definition) is 2. The van der Waals surface area contributed by atoms with Crippen LogP contribution >= 0.6 is 27.7 Å². The molecule has 1 heterocycles. The zero-order valence-electron chi connectivity index (χ0n) is 10.4. The van der Waals surface area contributed by atoms with Gasteiger partial charge in [-0.05, 0) is 36.4 Å². The van der Waals surface area contributed by atoms with Crippen molar-refractivity contribution in [2.75, 3.05) is 5.73 Å². The minimum Gasteiger partial charge on any atom is -0.398 e. The highest BCUT2D eigenvalue weighted by molar-refractivity contribution is 9.10. The van der Waals surface area contributed by atoms with E-state index in [1.807, 2.05) is 18.2 Å². The fourth-order valence-corrected chi connectivity index (χ4v) is 2.85. The van der Waals surface area contributed by atoms with E-state index < -0.39 is 0 Å². The molecule has 2 rings (SSSR count). The zero-order chi connectivity index (χ0) is 13.8. The second-order valence-electron chi connectivity index (χ2n) is 4.08. The van der Waals surface area contributed by atoms with Crippen LogP contribution in [0.3, 0.4) is 0 Å². The van der Waals surface area contributed by atoms with Gasteiger partial charge in [-0.2, -0.15) is 0 Å². The fraction of sp³-hybridized carbons (Fsp3) is 0.231. The van der Waals surface area contributed by atoms with Crippen LogP contribution in [0.25, 0.3) is 0 Å². The van der Waals surface area contributed by atoms with Crippen LogP contribution < -0.4 is 11.3 Å².